The lowest BCUT2D eigenvalue weighted by Gasteiger charge is -2.19. The second-order valence-corrected chi connectivity index (χ2v) is 4.82. The standard InChI is InChI=1S/C16H21N3/c1-3-10-19(4-2)11-9-14-13-7-5-6-8-15(13)18-16(14)12-17/h5-8,18H,3-4,9-11H2,1-2H3. The molecule has 0 saturated carbocycles. The van der Waals surface area contributed by atoms with Crippen molar-refractivity contribution in [1.29, 1.82) is 5.26 Å². The summed E-state index contributed by atoms with van der Waals surface area (Å²) in [6, 6.07) is 10.4. The van der Waals surface area contributed by atoms with E-state index in [1.807, 2.05) is 18.2 Å². The topological polar surface area (TPSA) is 42.8 Å². The van der Waals surface area contributed by atoms with Crippen LogP contribution in [-0.4, -0.2) is 29.5 Å². The molecular weight excluding hydrogens is 234 g/mol. The Hall–Kier alpha value is -1.79. The second kappa shape index (κ2) is 6.40. The van der Waals surface area contributed by atoms with Gasteiger partial charge in [0.25, 0.3) is 0 Å². The molecule has 0 saturated heterocycles. The highest BCUT2D eigenvalue weighted by molar-refractivity contribution is 5.85. The largest absolute Gasteiger partial charge is 0.346 e. The Labute approximate surface area is 114 Å². The summed E-state index contributed by atoms with van der Waals surface area (Å²) in [4.78, 5) is 5.64. The normalized spacial score (nSPS) is 11.1. The van der Waals surface area contributed by atoms with Crippen molar-refractivity contribution in [2.75, 3.05) is 19.6 Å². The van der Waals surface area contributed by atoms with Crippen molar-refractivity contribution in [1.82, 2.24) is 9.88 Å². The van der Waals surface area contributed by atoms with Crippen LogP contribution >= 0.6 is 0 Å². The van der Waals surface area contributed by atoms with Gasteiger partial charge < -0.3 is 9.88 Å². The van der Waals surface area contributed by atoms with Crippen molar-refractivity contribution in [3.63, 3.8) is 0 Å². The molecule has 0 aliphatic rings. The summed E-state index contributed by atoms with van der Waals surface area (Å²) in [5.74, 6) is 0. The first-order chi connectivity index (χ1) is 9.30. The van der Waals surface area contributed by atoms with Gasteiger partial charge >= 0.3 is 0 Å². The van der Waals surface area contributed by atoms with Gasteiger partial charge in [-0.25, -0.2) is 0 Å². The van der Waals surface area contributed by atoms with Crippen molar-refractivity contribution < 1.29 is 0 Å². The smallest absolute Gasteiger partial charge is 0.121 e. The Balaban J connectivity index is 2.22. The van der Waals surface area contributed by atoms with E-state index in [1.54, 1.807) is 0 Å². The van der Waals surface area contributed by atoms with Crippen LogP contribution in [0.4, 0.5) is 0 Å². The molecule has 2 rings (SSSR count). The zero-order valence-electron chi connectivity index (χ0n) is 11.7. The summed E-state index contributed by atoms with van der Waals surface area (Å²) < 4.78 is 0. The molecule has 100 valence electrons. The minimum absolute atomic E-state index is 0.716. The van der Waals surface area contributed by atoms with E-state index in [-0.39, 0.29) is 0 Å². The van der Waals surface area contributed by atoms with Crippen molar-refractivity contribution in [2.45, 2.75) is 26.7 Å². The summed E-state index contributed by atoms with van der Waals surface area (Å²) in [5, 5.41) is 10.4. The Morgan fingerprint density at radius 1 is 1.21 bits per heavy atom. The number of hydrogen-bond donors (Lipinski definition) is 1. The third-order valence-corrected chi connectivity index (χ3v) is 3.59. The van der Waals surface area contributed by atoms with Gasteiger partial charge in [-0.15, -0.1) is 0 Å². The van der Waals surface area contributed by atoms with Gasteiger partial charge in [0.05, 0.1) is 0 Å². The number of rotatable bonds is 6. The van der Waals surface area contributed by atoms with Crippen LogP contribution in [0.15, 0.2) is 24.3 Å². The number of hydrogen-bond acceptors (Lipinski definition) is 2. The predicted molar refractivity (Wildman–Crippen MR) is 79.1 cm³/mol. The maximum absolute atomic E-state index is 9.25. The van der Waals surface area contributed by atoms with Crippen LogP contribution in [0.2, 0.25) is 0 Å². The first kappa shape index (κ1) is 13.6. The number of aromatic nitrogens is 1. The average molecular weight is 255 g/mol. The third-order valence-electron chi connectivity index (χ3n) is 3.59. The molecule has 19 heavy (non-hydrogen) atoms. The lowest BCUT2D eigenvalue weighted by Crippen LogP contribution is -2.26. The zero-order chi connectivity index (χ0) is 13.7. The molecule has 0 amide bonds. The van der Waals surface area contributed by atoms with Crippen molar-refractivity contribution in [2.24, 2.45) is 0 Å². The van der Waals surface area contributed by atoms with Crippen LogP contribution in [0.5, 0.6) is 0 Å². The van der Waals surface area contributed by atoms with E-state index in [0.29, 0.717) is 5.69 Å². The summed E-state index contributed by atoms with van der Waals surface area (Å²) in [6.45, 7) is 7.60. The number of nitrogens with one attached hydrogen (secondary N) is 1. The summed E-state index contributed by atoms with van der Waals surface area (Å²) in [7, 11) is 0. The molecule has 1 aromatic carbocycles. The van der Waals surface area contributed by atoms with E-state index in [9.17, 15) is 5.26 Å². The summed E-state index contributed by atoms with van der Waals surface area (Å²) in [6.07, 6.45) is 2.10. The molecule has 0 fully saturated rings. The molecule has 3 heteroatoms. The Morgan fingerprint density at radius 3 is 2.68 bits per heavy atom. The first-order valence-electron chi connectivity index (χ1n) is 7.02. The van der Waals surface area contributed by atoms with Gasteiger partial charge in [-0.2, -0.15) is 5.26 Å². The molecule has 2 aromatic rings. The molecule has 0 bridgehead atoms. The van der Waals surface area contributed by atoms with E-state index in [4.69, 9.17) is 0 Å². The molecule has 1 N–H and O–H groups in total. The maximum Gasteiger partial charge on any atom is 0.121 e. The van der Waals surface area contributed by atoms with Crippen LogP contribution < -0.4 is 0 Å². The Morgan fingerprint density at radius 2 is 2.00 bits per heavy atom. The number of nitriles is 1. The van der Waals surface area contributed by atoms with E-state index < -0.39 is 0 Å². The second-order valence-electron chi connectivity index (χ2n) is 4.82. The first-order valence-corrected chi connectivity index (χ1v) is 7.02. The third kappa shape index (κ3) is 2.97. The van der Waals surface area contributed by atoms with E-state index in [0.717, 1.165) is 37.1 Å². The molecule has 0 unspecified atom stereocenters. The molecule has 0 spiro atoms. The number of fused-ring (bicyclic) bond motifs is 1. The number of nitrogens with zero attached hydrogens (tertiary/aromatic N) is 2. The monoisotopic (exact) mass is 255 g/mol. The fraction of sp³-hybridized carbons (Fsp3) is 0.438. The van der Waals surface area contributed by atoms with Crippen molar-refractivity contribution in [3.05, 3.63) is 35.5 Å². The quantitative estimate of drug-likeness (QED) is 0.860. The molecule has 0 aliphatic carbocycles. The molecule has 3 nitrogen and oxygen atoms in total. The summed E-state index contributed by atoms with van der Waals surface area (Å²) in [5.41, 5.74) is 2.94. The van der Waals surface area contributed by atoms with Gasteiger partial charge in [0.2, 0.25) is 0 Å². The Kier molecular flexibility index (Phi) is 4.59. The zero-order valence-corrected chi connectivity index (χ0v) is 11.7. The maximum atomic E-state index is 9.25. The van der Waals surface area contributed by atoms with E-state index in [2.05, 4.69) is 35.9 Å². The molecule has 0 atom stereocenters. The van der Waals surface area contributed by atoms with Gasteiger partial charge in [-0.05, 0) is 37.6 Å². The van der Waals surface area contributed by atoms with E-state index in [1.165, 1.54) is 11.8 Å². The van der Waals surface area contributed by atoms with Gasteiger partial charge in [-0.1, -0.05) is 32.0 Å². The highest BCUT2D eigenvalue weighted by atomic mass is 15.1. The number of benzene rings is 1. The highest BCUT2D eigenvalue weighted by Crippen LogP contribution is 2.22. The van der Waals surface area contributed by atoms with Crippen LogP contribution in [0.25, 0.3) is 10.9 Å². The van der Waals surface area contributed by atoms with Crippen molar-refractivity contribution >= 4 is 10.9 Å². The number of likely N-dealkylation sites (N-methyl/N-ethyl adjacent to an activating group) is 1. The van der Waals surface area contributed by atoms with Crippen LogP contribution in [0, 0.1) is 11.3 Å². The number of para-hydroxylation sites is 1. The molecule has 1 aromatic heterocycles. The number of aromatic amines is 1. The molecular formula is C16H21N3. The highest BCUT2D eigenvalue weighted by Gasteiger charge is 2.11. The van der Waals surface area contributed by atoms with Gasteiger partial charge in [0.15, 0.2) is 0 Å². The minimum atomic E-state index is 0.716. The Bertz CT molecular complexity index is 577. The molecule has 0 aliphatic heterocycles. The average Bonchev–Trinajstić information content (AvgIpc) is 2.81. The SMILES string of the molecule is CCCN(CC)CCc1c(C#N)[nH]c2ccccc12. The number of H-pyrrole nitrogens is 1. The lowest BCUT2D eigenvalue weighted by molar-refractivity contribution is 0.292. The van der Waals surface area contributed by atoms with Gasteiger partial charge in [0, 0.05) is 17.4 Å². The summed E-state index contributed by atoms with van der Waals surface area (Å²) >= 11 is 0. The fourth-order valence-electron chi connectivity index (χ4n) is 2.57. The molecule has 0 radical (unpaired) electrons. The van der Waals surface area contributed by atoms with Gasteiger partial charge in [0.1, 0.15) is 11.8 Å². The predicted octanol–water partition coefficient (Wildman–Crippen LogP) is 3.31. The van der Waals surface area contributed by atoms with Crippen LogP contribution in [-0.2, 0) is 6.42 Å². The molecule has 1 heterocycles. The fourth-order valence-corrected chi connectivity index (χ4v) is 2.57. The van der Waals surface area contributed by atoms with Crippen LogP contribution in [0.3, 0.4) is 0 Å². The lowest BCUT2D eigenvalue weighted by atomic mass is 10.1. The van der Waals surface area contributed by atoms with Crippen molar-refractivity contribution in [3.8, 4) is 6.07 Å². The minimum Gasteiger partial charge on any atom is -0.346 e. The van der Waals surface area contributed by atoms with Gasteiger partial charge in [-0.3, -0.25) is 0 Å². The van der Waals surface area contributed by atoms with Crippen LogP contribution in [0.1, 0.15) is 31.5 Å². The van der Waals surface area contributed by atoms with E-state index >= 15 is 0 Å².